The van der Waals surface area contributed by atoms with Crippen molar-refractivity contribution in [3.05, 3.63) is 28.7 Å². The monoisotopic (exact) mass is 395 g/mol. The first-order valence-corrected chi connectivity index (χ1v) is 9.07. The van der Waals surface area contributed by atoms with Crippen LogP contribution in [-0.4, -0.2) is 31.8 Å². The second-order valence-corrected chi connectivity index (χ2v) is 8.34. The van der Waals surface area contributed by atoms with E-state index in [1.54, 1.807) is 32.9 Å². The predicted octanol–water partition coefficient (Wildman–Crippen LogP) is 2.37. The quantitative estimate of drug-likeness (QED) is 0.592. The summed E-state index contributed by atoms with van der Waals surface area (Å²) in [7, 11) is -3.81. The van der Waals surface area contributed by atoms with Gasteiger partial charge in [0.15, 0.2) is 0 Å². The van der Waals surface area contributed by atoms with E-state index in [1.807, 2.05) is 0 Å². The van der Waals surface area contributed by atoms with Crippen molar-refractivity contribution in [2.24, 2.45) is 0 Å². The molecule has 1 aromatic carbocycles. The molecule has 0 aliphatic heterocycles. The fourth-order valence-corrected chi connectivity index (χ4v) is 3.21. The number of esters is 1. The van der Waals surface area contributed by atoms with Gasteiger partial charge < -0.3 is 4.74 Å². The zero-order valence-corrected chi connectivity index (χ0v) is 15.3. The molecule has 0 amide bonds. The van der Waals surface area contributed by atoms with E-state index >= 15 is 0 Å². The van der Waals surface area contributed by atoms with Crippen molar-refractivity contribution in [3.8, 4) is 0 Å². The zero-order valence-electron chi connectivity index (χ0n) is 12.0. The molecule has 5 nitrogen and oxygen atoms in total. The average Bonchev–Trinajstić information content (AvgIpc) is 2.34. The maximum atomic E-state index is 12.2. The summed E-state index contributed by atoms with van der Waals surface area (Å²) in [5, 5.41) is 0. The van der Waals surface area contributed by atoms with Gasteiger partial charge in [-0.2, -0.15) is 17.4 Å². The molecule has 0 saturated carbocycles. The van der Waals surface area contributed by atoms with Crippen LogP contribution < -0.4 is 4.72 Å². The molecule has 1 rings (SSSR count). The lowest BCUT2D eigenvalue weighted by atomic mass is 10.2. The Morgan fingerprint density at radius 1 is 1.33 bits per heavy atom. The van der Waals surface area contributed by atoms with Crippen molar-refractivity contribution in [3.63, 3.8) is 0 Å². The molecule has 8 heteroatoms. The van der Waals surface area contributed by atoms with Gasteiger partial charge in [0.05, 0.1) is 4.90 Å². The highest BCUT2D eigenvalue weighted by Crippen LogP contribution is 2.16. The van der Waals surface area contributed by atoms with E-state index in [4.69, 9.17) is 4.74 Å². The number of carbonyl (C=O) groups is 1. The van der Waals surface area contributed by atoms with Gasteiger partial charge >= 0.3 is 5.97 Å². The highest BCUT2D eigenvalue weighted by Gasteiger charge is 2.28. The van der Waals surface area contributed by atoms with Crippen molar-refractivity contribution in [1.29, 1.82) is 0 Å². The Morgan fingerprint density at radius 2 is 1.86 bits per heavy atom. The summed E-state index contributed by atoms with van der Waals surface area (Å²) in [6.45, 7) is 5.14. The average molecular weight is 396 g/mol. The largest absolute Gasteiger partial charge is 0.459 e. The highest BCUT2D eigenvalue weighted by molar-refractivity contribution is 9.10. The molecule has 0 aliphatic carbocycles. The maximum Gasteiger partial charge on any atom is 0.325 e. The van der Waals surface area contributed by atoms with Crippen LogP contribution in [0.3, 0.4) is 0 Å². The van der Waals surface area contributed by atoms with Gasteiger partial charge in [-0.3, -0.25) is 4.79 Å². The topological polar surface area (TPSA) is 72.5 Å². The Morgan fingerprint density at radius 3 is 2.29 bits per heavy atom. The molecule has 0 spiro atoms. The van der Waals surface area contributed by atoms with Crippen LogP contribution in [0.15, 0.2) is 33.6 Å². The Hall–Kier alpha value is -0.570. The van der Waals surface area contributed by atoms with Crippen molar-refractivity contribution < 1.29 is 17.9 Å². The van der Waals surface area contributed by atoms with E-state index in [2.05, 4.69) is 33.3 Å². The minimum atomic E-state index is -3.81. The molecule has 1 atom stereocenters. The third-order valence-electron chi connectivity index (χ3n) is 2.30. The second-order valence-electron chi connectivity index (χ2n) is 5.34. The van der Waals surface area contributed by atoms with Crippen molar-refractivity contribution in [2.45, 2.75) is 37.3 Å². The number of hydrogen-bond donors (Lipinski definition) is 2. The van der Waals surface area contributed by atoms with Crippen LogP contribution >= 0.6 is 28.6 Å². The predicted molar refractivity (Wildman–Crippen MR) is 87.9 cm³/mol. The molecule has 1 aromatic rings. The number of carbonyl (C=O) groups excluding carboxylic acids is 1. The van der Waals surface area contributed by atoms with Crippen LogP contribution in [0.25, 0.3) is 0 Å². The molecular weight excluding hydrogens is 378 g/mol. The minimum absolute atomic E-state index is 0.00463. The third kappa shape index (κ3) is 5.98. The van der Waals surface area contributed by atoms with Crippen LogP contribution in [0.4, 0.5) is 0 Å². The summed E-state index contributed by atoms with van der Waals surface area (Å²) in [5.41, 5.74) is -0.693. The summed E-state index contributed by atoms with van der Waals surface area (Å²) in [6.07, 6.45) is 0. The number of nitrogens with one attached hydrogen (secondary N) is 1. The maximum absolute atomic E-state index is 12.2. The molecule has 1 N–H and O–H groups in total. The van der Waals surface area contributed by atoms with Gasteiger partial charge in [-0.25, -0.2) is 8.42 Å². The molecule has 0 bridgehead atoms. The van der Waals surface area contributed by atoms with E-state index in [0.29, 0.717) is 0 Å². The van der Waals surface area contributed by atoms with Crippen molar-refractivity contribution in [2.75, 3.05) is 5.75 Å². The van der Waals surface area contributed by atoms with Gasteiger partial charge in [0, 0.05) is 10.2 Å². The van der Waals surface area contributed by atoms with Crippen LogP contribution in [0.5, 0.6) is 0 Å². The summed E-state index contributed by atoms with van der Waals surface area (Å²) in [6, 6.07) is 5.06. The molecule has 0 fully saturated rings. The zero-order chi connectivity index (χ0) is 16.3. The van der Waals surface area contributed by atoms with Gasteiger partial charge in [-0.1, -0.05) is 15.9 Å². The lowest BCUT2D eigenvalue weighted by Crippen LogP contribution is -2.45. The second kappa shape index (κ2) is 7.13. The number of sulfonamides is 1. The first-order valence-electron chi connectivity index (χ1n) is 6.17. The first-order chi connectivity index (χ1) is 9.55. The normalized spacial score (nSPS) is 13.8. The number of hydrogen-bond acceptors (Lipinski definition) is 5. The number of benzene rings is 1. The van der Waals surface area contributed by atoms with E-state index in [0.717, 1.165) is 4.47 Å². The summed E-state index contributed by atoms with van der Waals surface area (Å²) in [5.74, 6) is -0.650. The van der Waals surface area contributed by atoms with E-state index in [1.165, 1.54) is 12.1 Å². The fraction of sp³-hybridized carbons (Fsp3) is 0.462. The molecule has 0 radical (unpaired) electrons. The molecule has 21 heavy (non-hydrogen) atoms. The lowest BCUT2D eigenvalue weighted by molar-refractivity contribution is -0.156. The summed E-state index contributed by atoms with van der Waals surface area (Å²) >= 11 is 7.24. The number of ether oxygens (including phenoxy) is 1. The summed E-state index contributed by atoms with van der Waals surface area (Å²) in [4.78, 5) is 12.0. The van der Waals surface area contributed by atoms with Crippen LogP contribution in [0, 0.1) is 0 Å². The van der Waals surface area contributed by atoms with Crippen LogP contribution in [-0.2, 0) is 19.6 Å². The third-order valence-corrected chi connectivity index (χ3v) is 4.68. The molecule has 118 valence electrons. The highest BCUT2D eigenvalue weighted by atomic mass is 79.9. The van der Waals surface area contributed by atoms with Gasteiger partial charge in [-0.05, 0) is 45.0 Å². The molecule has 0 heterocycles. The molecule has 0 aliphatic rings. The number of thiol groups is 1. The van der Waals surface area contributed by atoms with Gasteiger partial charge in [0.1, 0.15) is 11.6 Å². The minimum Gasteiger partial charge on any atom is -0.459 e. The molecular formula is C13H18BrNO4S2. The van der Waals surface area contributed by atoms with E-state index in [9.17, 15) is 13.2 Å². The van der Waals surface area contributed by atoms with Crippen molar-refractivity contribution >= 4 is 44.6 Å². The fourth-order valence-electron chi connectivity index (χ4n) is 1.40. The van der Waals surface area contributed by atoms with Gasteiger partial charge in [0.2, 0.25) is 10.0 Å². The molecule has 0 aromatic heterocycles. The van der Waals surface area contributed by atoms with Gasteiger partial charge in [0.25, 0.3) is 0 Å². The number of rotatable bonds is 5. The van der Waals surface area contributed by atoms with Crippen molar-refractivity contribution in [1.82, 2.24) is 4.72 Å². The Bertz CT molecular complexity index is 594. The van der Waals surface area contributed by atoms with Crippen LogP contribution in [0.2, 0.25) is 0 Å². The summed E-state index contributed by atoms with van der Waals surface area (Å²) < 4.78 is 32.7. The molecule has 0 unspecified atom stereocenters. The Balaban J connectivity index is 2.90. The van der Waals surface area contributed by atoms with E-state index in [-0.39, 0.29) is 10.6 Å². The molecule has 0 saturated heterocycles. The lowest BCUT2D eigenvalue weighted by Gasteiger charge is -2.23. The number of halogens is 1. The Kier molecular flexibility index (Phi) is 6.27. The first kappa shape index (κ1) is 18.5. The van der Waals surface area contributed by atoms with Crippen LogP contribution in [0.1, 0.15) is 20.8 Å². The smallest absolute Gasteiger partial charge is 0.325 e. The Labute approximate surface area is 139 Å². The van der Waals surface area contributed by atoms with E-state index < -0.39 is 27.6 Å². The standard InChI is InChI=1S/C13H18BrNO4S2/c1-13(2,3)19-12(16)11(8-20)15-21(17,18)10-6-4-9(14)5-7-10/h4-7,11,15,20H,8H2,1-3H3/t11-/m0/s1. The SMILES string of the molecule is CC(C)(C)OC(=O)[C@H](CS)NS(=O)(=O)c1ccc(Br)cc1. The van der Waals surface area contributed by atoms with Gasteiger partial charge in [-0.15, -0.1) is 0 Å².